The first-order chi connectivity index (χ1) is 14.2. The highest BCUT2D eigenvalue weighted by Gasteiger charge is 2.12. The first-order valence-electron chi connectivity index (χ1n) is 9.17. The summed E-state index contributed by atoms with van der Waals surface area (Å²) < 4.78 is 1.94. The van der Waals surface area contributed by atoms with Crippen LogP contribution in [0.15, 0.2) is 49.4 Å². The molecule has 6 heteroatoms. The van der Waals surface area contributed by atoms with Gasteiger partial charge in [0.25, 0.3) is 0 Å². The van der Waals surface area contributed by atoms with Crippen molar-refractivity contribution in [1.29, 1.82) is 0 Å². The second-order valence-electron chi connectivity index (χ2n) is 6.75. The zero-order chi connectivity index (χ0) is 20.2. The van der Waals surface area contributed by atoms with Gasteiger partial charge in [0, 0.05) is 36.8 Å². The molecule has 0 aliphatic rings. The van der Waals surface area contributed by atoms with Crippen molar-refractivity contribution in [2.45, 2.75) is 13.3 Å². The maximum Gasteiger partial charge on any atom is 0.218 e. The fraction of sp³-hybridized carbons (Fsp3) is 0.174. The lowest BCUT2D eigenvalue weighted by atomic mass is 9.98. The molecule has 0 unspecified atom stereocenters. The second-order valence-corrected chi connectivity index (χ2v) is 6.75. The number of aromatic nitrogens is 5. The average molecular weight is 378 g/mol. The topological polar surface area (TPSA) is 60.9 Å². The Kier molecular flexibility index (Phi) is 5.01. The zero-order valence-electron chi connectivity index (χ0n) is 16.2. The third-order valence-electron chi connectivity index (χ3n) is 4.74. The van der Waals surface area contributed by atoms with Crippen LogP contribution in [0.4, 0.5) is 0 Å². The summed E-state index contributed by atoms with van der Waals surface area (Å²) in [5, 5.41) is 0.978. The van der Waals surface area contributed by atoms with Crippen molar-refractivity contribution in [3.8, 4) is 23.2 Å². The second kappa shape index (κ2) is 7.92. The first-order valence-corrected chi connectivity index (χ1v) is 9.17. The van der Waals surface area contributed by atoms with E-state index in [2.05, 4.69) is 50.7 Å². The highest BCUT2D eigenvalue weighted by molar-refractivity contribution is 5.89. The Bertz CT molecular complexity index is 1290. The van der Waals surface area contributed by atoms with Crippen molar-refractivity contribution in [3.05, 3.63) is 83.1 Å². The third kappa shape index (κ3) is 3.83. The number of aryl methyl sites for hydroxylation is 2. The molecule has 0 amide bonds. The molecule has 3 aromatic heterocycles. The molecule has 0 atom stereocenters. The summed E-state index contributed by atoms with van der Waals surface area (Å²) >= 11 is 0. The van der Waals surface area contributed by atoms with Gasteiger partial charge in [0.2, 0.25) is 6.54 Å². The molecular formula is C23H18N6. The zero-order valence-corrected chi connectivity index (χ0v) is 16.2. The molecule has 0 spiro atoms. The Morgan fingerprint density at radius 3 is 2.62 bits per heavy atom. The van der Waals surface area contributed by atoms with Gasteiger partial charge in [-0.3, -0.25) is 0 Å². The van der Waals surface area contributed by atoms with E-state index in [9.17, 15) is 0 Å². The Morgan fingerprint density at radius 1 is 1.07 bits per heavy atom. The van der Waals surface area contributed by atoms with E-state index in [1.807, 2.05) is 17.7 Å². The summed E-state index contributed by atoms with van der Waals surface area (Å²) in [5.74, 6) is 6.41. The number of rotatable bonds is 3. The fourth-order valence-corrected chi connectivity index (χ4v) is 3.21. The maximum absolute atomic E-state index is 7.09. The SMILES string of the molecule is [C-]#[N+]CCc1cc2c(C#Cc3cncnc3)cc(-c3cncn3C)nc2cc1C. The van der Waals surface area contributed by atoms with Gasteiger partial charge in [-0.05, 0) is 36.2 Å². The summed E-state index contributed by atoms with van der Waals surface area (Å²) in [4.78, 5) is 20.6. The summed E-state index contributed by atoms with van der Waals surface area (Å²) in [7, 11) is 1.94. The van der Waals surface area contributed by atoms with E-state index in [4.69, 9.17) is 11.6 Å². The van der Waals surface area contributed by atoms with Crippen molar-refractivity contribution >= 4 is 10.9 Å². The summed E-state index contributed by atoms with van der Waals surface area (Å²) in [6, 6.07) is 6.18. The normalized spacial score (nSPS) is 10.4. The van der Waals surface area contributed by atoms with Gasteiger partial charge in [-0.15, -0.1) is 0 Å². The summed E-state index contributed by atoms with van der Waals surface area (Å²) in [6.45, 7) is 9.61. The van der Waals surface area contributed by atoms with Gasteiger partial charge >= 0.3 is 0 Å². The van der Waals surface area contributed by atoms with Gasteiger partial charge in [-0.2, -0.15) is 0 Å². The van der Waals surface area contributed by atoms with E-state index in [0.29, 0.717) is 13.0 Å². The van der Waals surface area contributed by atoms with Crippen LogP contribution in [0.2, 0.25) is 0 Å². The van der Waals surface area contributed by atoms with Gasteiger partial charge in [-0.25, -0.2) is 26.5 Å². The van der Waals surface area contributed by atoms with Crippen molar-refractivity contribution in [3.63, 3.8) is 0 Å². The van der Waals surface area contributed by atoms with Crippen LogP contribution in [0.5, 0.6) is 0 Å². The molecule has 3 heterocycles. The predicted molar refractivity (Wildman–Crippen MR) is 112 cm³/mol. The van der Waals surface area contributed by atoms with Crippen molar-refractivity contribution < 1.29 is 0 Å². The first kappa shape index (κ1) is 18.3. The number of hydrogen-bond acceptors (Lipinski definition) is 4. The maximum atomic E-state index is 7.09. The van der Waals surface area contributed by atoms with E-state index in [1.54, 1.807) is 24.9 Å². The summed E-state index contributed by atoms with van der Waals surface area (Å²) in [6.07, 6.45) is 9.14. The minimum Gasteiger partial charge on any atom is -0.332 e. The number of imidazole rings is 1. The lowest BCUT2D eigenvalue weighted by Gasteiger charge is -2.10. The summed E-state index contributed by atoms with van der Waals surface area (Å²) in [5.41, 5.74) is 6.52. The van der Waals surface area contributed by atoms with E-state index in [1.165, 1.54) is 6.33 Å². The lowest BCUT2D eigenvalue weighted by Crippen LogP contribution is -1.98. The molecule has 0 bridgehead atoms. The molecule has 0 aliphatic heterocycles. The Morgan fingerprint density at radius 2 is 1.90 bits per heavy atom. The number of pyridine rings is 1. The largest absolute Gasteiger partial charge is 0.332 e. The van der Waals surface area contributed by atoms with Gasteiger partial charge in [0.1, 0.15) is 6.33 Å². The van der Waals surface area contributed by atoms with Crippen LogP contribution in [0.25, 0.3) is 27.1 Å². The molecule has 4 rings (SSSR count). The molecule has 0 aliphatic carbocycles. The highest BCUT2D eigenvalue weighted by atomic mass is 15.0. The smallest absolute Gasteiger partial charge is 0.218 e. The van der Waals surface area contributed by atoms with Crippen LogP contribution in [0.1, 0.15) is 22.3 Å². The quantitative estimate of drug-likeness (QED) is 0.404. The minimum atomic E-state index is 0.468. The third-order valence-corrected chi connectivity index (χ3v) is 4.74. The molecular weight excluding hydrogens is 360 g/mol. The minimum absolute atomic E-state index is 0.468. The van der Waals surface area contributed by atoms with Gasteiger partial charge in [-0.1, -0.05) is 11.8 Å². The van der Waals surface area contributed by atoms with Crippen LogP contribution < -0.4 is 0 Å². The van der Waals surface area contributed by atoms with Crippen molar-refractivity contribution in [1.82, 2.24) is 24.5 Å². The van der Waals surface area contributed by atoms with Crippen LogP contribution in [-0.4, -0.2) is 31.0 Å². The predicted octanol–water partition coefficient (Wildman–Crippen LogP) is 3.60. The van der Waals surface area contributed by atoms with Gasteiger partial charge < -0.3 is 9.41 Å². The van der Waals surface area contributed by atoms with Crippen LogP contribution >= 0.6 is 0 Å². The Hall–Kier alpha value is -4.03. The van der Waals surface area contributed by atoms with Gasteiger partial charge in [0.05, 0.1) is 35.0 Å². The molecule has 1 aromatic carbocycles. The molecule has 0 fully saturated rings. The average Bonchev–Trinajstić information content (AvgIpc) is 3.17. The number of fused-ring (bicyclic) bond motifs is 1. The molecule has 4 aromatic rings. The molecule has 0 saturated carbocycles. The van der Waals surface area contributed by atoms with E-state index >= 15 is 0 Å². The molecule has 0 radical (unpaired) electrons. The highest BCUT2D eigenvalue weighted by Crippen LogP contribution is 2.27. The monoisotopic (exact) mass is 378 g/mol. The van der Waals surface area contributed by atoms with Crippen molar-refractivity contribution in [2.24, 2.45) is 7.05 Å². The number of benzene rings is 1. The van der Waals surface area contributed by atoms with Gasteiger partial charge in [0.15, 0.2) is 0 Å². The van der Waals surface area contributed by atoms with E-state index in [0.717, 1.165) is 44.5 Å². The van der Waals surface area contributed by atoms with Crippen LogP contribution in [0.3, 0.4) is 0 Å². The molecule has 140 valence electrons. The van der Waals surface area contributed by atoms with Crippen molar-refractivity contribution in [2.75, 3.05) is 6.54 Å². The standard InChI is InChI=1S/C23H18N6/c1-16-8-21-20(9-18(16)6-7-24-2)19(5-4-17-11-25-14-26-12-17)10-22(28-21)23-13-27-15-29(23)3/h8-15H,6-7H2,1,3H3. The number of nitrogens with zero attached hydrogens (tertiary/aromatic N) is 6. The Balaban J connectivity index is 1.92. The van der Waals surface area contributed by atoms with E-state index < -0.39 is 0 Å². The number of hydrogen-bond donors (Lipinski definition) is 0. The molecule has 6 nitrogen and oxygen atoms in total. The molecule has 0 saturated heterocycles. The lowest BCUT2D eigenvalue weighted by molar-refractivity contribution is 0.917. The fourth-order valence-electron chi connectivity index (χ4n) is 3.21. The molecule has 29 heavy (non-hydrogen) atoms. The van der Waals surface area contributed by atoms with Crippen LogP contribution in [0, 0.1) is 25.3 Å². The van der Waals surface area contributed by atoms with Crippen LogP contribution in [-0.2, 0) is 13.5 Å². The Labute approximate surface area is 169 Å². The van der Waals surface area contributed by atoms with E-state index in [-0.39, 0.29) is 0 Å². The molecule has 0 N–H and O–H groups in total.